The van der Waals surface area contributed by atoms with Crippen LogP contribution in [0.25, 0.3) is 0 Å². The number of hydrogen-bond donors (Lipinski definition) is 3. The lowest BCUT2D eigenvalue weighted by Gasteiger charge is -2.15. The highest BCUT2D eigenvalue weighted by molar-refractivity contribution is 7.80. The van der Waals surface area contributed by atoms with E-state index >= 15 is 0 Å². The number of methoxy groups -OCH3 is 4. The molecular formula is C20H23N3O6S. The first kappa shape index (κ1) is 22.8. The topological polar surface area (TPSA) is 107 Å². The largest absolute Gasteiger partial charge is 0.493 e. The Labute approximate surface area is 179 Å². The Morgan fingerprint density at radius 2 is 1.50 bits per heavy atom. The fraction of sp³-hybridized carbons (Fsp3) is 0.250. The SMILES string of the molecule is COC(=O)Cc1ccc(NC(=S)NNC(=O)c2cc(OC)c(OC)c(OC)c2)cc1. The minimum absolute atomic E-state index is 0.177. The number of thiocarbonyl (C=S) groups is 1. The molecule has 2 aromatic carbocycles. The summed E-state index contributed by atoms with van der Waals surface area (Å²) < 4.78 is 20.4. The van der Waals surface area contributed by atoms with Crippen LogP contribution in [0.1, 0.15) is 15.9 Å². The van der Waals surface area contributed by atoms with Crippen LogP contribution in [0.15, 0.2) is 36.4 Å². The number of nitrogens with one attached hydrogen (secondary N) is 3. The fourth-order valence-corrected chi connectivity index (χ4v) is 2.67. The lowest BCUT2D eigenvalue weighted by molar-refractivity contribution is -0.139. The van der Waals surface area contributed by atoms with E-state index in [1.54, 1.807) is 24.3 Å². The van der Waals surface area contributed by atoms with Crippen LogP contribution >= 0.6 is 12.2 Å². The van der Waals surface area contributed by atoms with Crippen molar-refractivity contribution < 1.29 is 28.5 Å². The molecule has 0 aromatic heterocycles. The number of rotatable bonds is 7. The molecule has 0 saturated carbocycles. The van der Waals surface area contributed by atoms with Crippen molar-refractivity contribution in [1.29, 1.82) is 0 Å². The number of hydrogen-bond acceptors (Lipinski definition) is 7. The van der Waals surface area contributed by atoms with Gasteiger partial charge >= 0.3 is 5.97 Å². The van der Waals surface area contributed by atoms with Crippen LogP contribution in [0.5, 0.6) is 17.2 Å². The molecule has 0 radical (unpaired) electrons. The maximum Gasteiger partial charge on any atom is 0.309 e. The highest BCUT2D eigenvalue weighted by atomic mass is 32.1. The van der Waals surface area contributed by atoms with Crippen molar-refractivity contribution in [3.8, 4) is 17.2 Å². The third-order valence-corrected chi connectivity index (χ3v) is 4.21. The van der Waals surface area contributed by atoms with Crippen molar-refractivity contribution in [2.45, 2.75) is 6.42 Å². The van der Waals surface area contributed by atoms with Gasteiger partial charge in [0.2, 0.25) is 5.75 Å². The molecule has 0 aliphatic heterocycles. The number of esters is 1. The van der Waals surface area contributed by atoms with Gasteiger partial charge in [-0.1, -0.05) is 12.1 Å². The lowest BCUT2D eigenvalue weighted by Crippen LogP contribution is -2.43. The maximum absolute atomic E-state index is 12.5. The normalized spacial score (nSPS) is 9.87. The molecule has 10 heteroatoms. The Hall–Kier alpha value is -3.53. The number of ether oxygens (including phenoxy) is 4. The second-order valence-corrected chi connectivity index (χ2v) is 6.31. The molecule has 0 aliphatic rings. The van der Waals surface area contributed by atoms with Crippen LogP contribution in [0, 0.1) is 0 Å². The molecule has 0 atom stereocenters. The first-order chi connectivity index (χ1) is 14.4. The third kappa shape index (κ3) is 5.98. The van der Waals surface area contributed by atoms with E-state index < -0.39 is 5.91 Å². The van der Waals surface area contributed by atoms with Gasteiger partial charge in [0, 0.05) is 11.3 Å². The summed E-state index contributed by atoms with van der Waals surface area (Å²) in [5, 5.41) is 3.10. The summed E-state index contributed by atoms with van der Waals surface area (Å²) >= 11 is 5.18. The Bertz CT molecular complexity index is 892. The predicted octanol–water partition coefficient (Wildman–Crippen LogP) is 2.06. The first-order valence-electron chi connectivity index (χ1n) is 8.75. The van der Waals surface area contributed by atoms with Crippen LogP contribution in [-0.4, -0.2) is 45.4 Å². The van der Waals surface area contributed by atoms with Crippen molar-refractivity contribution in [3.63, 3.8) is 0 Å². The molecule has 2 aromatic rings. The summed E-state index contributed by atoms with van der Waals surface area (Å²) in [6.45, 7) is 0. The zero-order valence-corrected chi connectivity index (χ0v) is 17.8. The van der Waals surface area contributed by atoms with Gasteiger partial charge in [-0.25, -0.2) is 0 Å². The number of carbonyl (C=O) groups is 2. The Morgan fingerprint density at radius 3 is 2.00 bits per heavy atom. The minimum atomic E-state index is -0.452. The molecule has 0 heterocycles. The van der Waals surface area contributed by atoms with E-state index in [4.69, 9.17) is 26.4 Å². The summed E-state index contributed by atoms with van der Waals surface area (Å²) in [4.78, 5) is 23.8. The molecule has 0 fully saturated rings. The number of benzene rings is 2. The zero-order chi connectivity index (χ0) is 22.1. The molecule has 0 saturated heterocycles. The van der Waals surface area contributed by atoms with Gasteiger partial charge in [0.25, 0.3) is 5.91 Å². The van der Waals surface area contributed by atoms with E-state index in [0.29, 0.717) is 22.9 Å². The summed E-state index contributed by atoms with van der Waals surface area (Å²) in [6, 6.07) is 10.1. The number of carbonyl (C=O) groups excluding carboxylic acids is 2. The van der Waals surface area contributed by atoms with Crippen molar-refractivity contribution in [1.82, 2.24) is 10.9 Å². The van der Waals surface area contributed by atoms with Crippen molar-refractivity contribution in [2.75, 3.05) is 33.8 Å². The van der Waals surface area contributed by atoms with Crippen LogP contribution < -0.4 is 30.4 Å². The van der Waals surface area contributed by atoms with Crippen LogP contribution in [-0.2, 0) is 16.0 Å². The van der Waals surface area contributed by atoms with E-state index in [0.717, 1.165) is 5.56 Å². The molecule has 2 rings (SSSR count). The van der Waals surface area contributed by atoms with Crippen molar-refractivity contribution in [3.05, 3.63) is 47.5 Å². The summed E-state index contributed by atoms with van der Waals surface area (Å²) in [6.07, 6.45) is 0.185. The highest BCUT2D eigenvalue weighted by Crippen LogP contribution is 2.38. The predicted molar refractivity (Wildman–Crippen MR) is 115 cm³/mol. The van der Waals surface area contributed by atoms with Gasteiger partial charge in [-0.15, -0.1) is 0 Å². The average Bonchev–Trinajstić information content (AvgIpc) is 2.77. The first-order valence-corrected chi connectivity index (χ1v) is 9.15. The summed E-state index contributed by atoms with van der Waals surface area (Å²) in [5.74, 6) is 0.330. The quantitative estimate of drug-likeness (QED) is 0.344. The van der Waals surface area contributed by atoms with Crippen LogP contribution in [0.4, 0.5) is 5.69 Å². The maximum atomic E-state index is 12.5. The molecule has 9 nitrogen and oxygen atoms in total. The van der Waals surface area contributed by atoms with Gasteiger partial charge in [0.05, 0.1) is 34.9 Å². The minimum Gasteiger partial charge on any atom is -0.493 e. The second kappa shape index (κ2) is 10.9. The number of amides is 1. The van der Waals surface area contributed by atoms with E-state index in [-0.39, 0.29) is 23.1 Å². The second-order valence-electron chi connectivity index (χ2n) is 5.90. The standard InChI is InChI=1S/C20H23N3O6S/c1-26-15-10-13(11-16(27-2)18(15)29-4)19(25)22-23-20(30)21-14-7-5-12(6-8-14)9-17(24)28-3/h5-8,10-11H,9H2,1-4H3,(H,22,25)(H2,21,23,30). The monoisotopic (exact) mass is 433 g/mol. The fourth-order valence-electron chi connectivity index (χ4n) is 2.50. The lowest BCUT2D eigenvalue weighted by atomic mass is 10.1. The molecule has 1 amide bonds. The van der Waals surface area contributed by atoms with Gasteiger partial charge in [0.1, 0.15) is 0 Å². The van der Waals surface area contributed by atoms with E-state index in [1.165, 1.54) is 40.6 Å². The van der Waals surface area contributed by atoms with E-state index in [9.17, 15) is 9.59 Å². The van der Waals surface area contributed by atoms with Gasteiger partial charge in [-0.05, 0) is 42.0 Å². The smallest absolute Gasteiger partial charge is 0.309 e. The Kier molecular flexibility index (Phi) is 8.24. The number of anilines is 1. The van der Waals surface area contributed by atoms with Gasteiger partial charge in [-0.3, -0.25) is 20.4 Å². The highest BCUT2D eigenvalue weighted by Gasteiger charge is 2.17. The molecule has 160 valence electrons. The van der Waals surface area contributed by atoms with E-state index in [1.807, 2.05) is 0 Å². The molecule has 0 unspecified atom stereocenters. The third-order valence-electron chi connectivity index (χ3n) is 4.00. The summed E-state index contributed by atoms with van der Waals surface area (Å²) in [7, 11) is 5.75. The molecule has 0 spiro atoms. The average molecular weight is 433 g/mol. The Balaban J connectivity index is 1.96. The Morgan fingerprint density at radius 1 is 0.900 bits per heavy atom. The van der Waals surface area contributed by atoms with Gasteiger partial charge in [-0.2, -0.15) is 0 Å². The van der Waals surface area contributed by atoms with Gasteiger partial charge < -0.3 is 24.3 Å². The molecule has 3 N–H and O–H groups in total. The molecule has 0 aliphatic carbocycles. The van der Waals surface area contributed by atoms with Crippen LogP contribution in [0.2, 0.25) is 0 Å². The number of hydrazine groups is 1. The summed E-state index contributed by atoms with van der Waals surface area (Å²) in [5.41, 5.74) is 6.90. The van der Waals surface area contributed by atoms with E-state index in [2.05, 4.69) is 20.9 Å². The molecule has 0 bridgehead atoms. The van der Waals surface area contributed by atoms with Crippen molar-refractivity contribution in [2.24, 2.45) is 0 Å². The van der Waals surface area contributed by atoms with Crippen LogP contribution in [0.3, 0.4) is 0 Å². The molecule has 30 heavy (non-hydrogen) atoms. The van der Waals surface area contributed by atoms with Crippen molar-refractivity contribution >= 4 is 34.9 Å². The zero-order valence-electron chi connectivity index (χ0n) is 17.0. The molecular weight excluding hydrogens is 410 g/mol. The van der Waals surface area contributed by atoms with Gasteiger partial charge in [0.15, 0.2) is 16.6 Å².